The van der Waals surface area contributed by atoms with Gasteiger partial charge in [0.15, 0.2) is 5.69 Å². The number of ether oxygens (including phenoxy) is 1. The Bertz CT molecular complexity index is 1030. The molecule has 0 spiro atoms. The molecule has 2 atom stereocenters. The molecule has 162 valence electrons. The zero-order chi connectivity index (χ0) is 21.5. The summed E-state index contributed by atoms with van der Waals surface area (Å²) >= 11 is 0. The van der Waals surface area contributed by atoms with E-state index in [1.165, 1.54) is 22.6 Å². The first-order valence-electron chi connectivity index (χ1n) is 9.20. The van der Waals surface area contributed by atoms with Crippen molar-refractivity contribution in [3.05, 3.63) is 36.2 Å². The molecule has 1 aromatic carbocycles. The molecule has 0 aliphatic carbocycles. The molecule has 1 amide bonds. The van der Waals surface area contributed by atoms with Gasteiger partial charge in [-0.25, -0.2) is 8.42 Å². The van der Waals surface area contributed by atoms with E-state index in [0.717, 1.165) is 12.1 Å². The number of benzene rings is 1. The molecule has 3 saturated heterocycles. The van der Waals surface area contributed by atoms with Crippen LogP contribution in [0.15, 0.2) is 35.4 Å². The predicted molar refractivity (Wildman–Crippen MR) is 95.9 cm³/mol. The van der Waals surface area contributed by atoms with E-state index in [2.05, 4.69) is 20.1 Å². The minimum absolute atomic E-state index is 0.0169. The highest BCUT2D eigenvalue weighted by atomic mass is 32.2. The first-order valence-corrected chi connectivity index (χ1v) is 10.6. The van der Waals surface area contributed by atoms with E-state index in [4.69, 9.17) is 0 Å². The Morgan fingerprint density at radius 2 is 1.90 bits per heavy atom. The number of H-pyrrole nitrogens is 1. The molecule has 2 bridgehead atoms. The molecule has 2 unspecified atom stereocenters. The fourth-order valence-corrected chi connectivity index (χ4v) is 5.79. The lowest BCUT2D eigenvalue weighted by atomic mass is 10.1. The fraction of sp³-hybridized carbons (Fsp3) is 0.471. The normalized spacial score (nSPS) is 22.7. The molecule has 13 heteroatoms. The lowest BCUT2D eigenvalue weighted by Crippen LogP contribution is -2.59. The molecule has 0 saturated carbocycles. The maximum atomic E-state index is 13.3. The maximum absolute atomic E-state index is 13.3. The Hall–Kier alpha value is -2.67. The van der Waals surface area contributed by atoms with Gasteiger partial charge in [0.05, 0.1) is 6.20 Å². The number of halogens is 3. The van der Waals surface area contributed by atoms with Gasteiger partial charge in [-0.2, -0.15) is 19.7 Å². The summed E-state index contributed by atoms with van der Waals surface area (Å²) in [6, 6.07) is 3.69. The van der Waals surface area contributed by atoms with Gasteiger partial charge in [0.1, 0.15) is 10.6 Å². The zero-order valence-electron chi connectivity index (χ0n) is 15.5. The van der Waals surface area contributed by atoms with Gasteiger partial charge in [0.2, 0.25) is 10.0 Å². The van der Waals surface area contributed by atoms with Crippen LogP contribution in [0.1, 0.15) is 29.8 Å². The third kappa shape index (κ3) is 3.86. The number of carbonyl (C=O) groups is 1. The highest BCUT2D eigenvalue weighted by Crippen LogP contribution is 2.36. The molecule has 0 radical (unpaired) electrons. The monoisotopic (exact) mass is 445 g/mol. The van der Waals surface area contributed by atoms with Crippen molar-refractivity contribution in [3.8, 4) is 5.75 Å². The summed E-state index contributed by atoms with van der Waals surface area (Å²) in [5, 5.41) is 9.77. The molecule has 3 aliphatic rings. The van der Waals surface area contributed by atoms with Gasteiger partial charge in [-0.3, -0.25) is 4.79 Å². The van der Waals surface area contributed by atoms with Crippen molar-refractivity contribution in [2.75, 3.05) is 13.1 Å². The molecule has 9 nitrogen and oxygen atoms in total. The van der Waals surface area contributed by atoms with E-state index >= 15 is 0 Å². The number of carbonyl (C=O) groups excluding carboxylic acids is 1. The molecular formula is C17H18F3N5O4S. The minimum Gasteiger partial charge on any atom is -0.404 e. The Morgan fingerprint density at radius 1 is 1.17 bits per heavy atom. The first kappa shape index (κ1) is 20.6. The molecule has 5 rings (SSSR count). The highest BCUT2D eigenvalue weighted by Gasteiger charge is 2.45. The second kappa shape index (κ2) is 7.54. The summed E-state index contributed by atoms with van der Waals surface area (Å²) in [6.45, 7) is 0.106. The van der Waals surface area contributed by atoms with E-state index in [9.17, 15) is 26.4 Å². The van der Waals surface area contributed by atoms with Gasteiger partial charge in [-0.1, -0.05) is 12.1 Å². The van der Waals surface area contributed by atoms with Crippen molar-refractivity contribution < 1.29 is 31.1 Å². The average molecular weight is 445 g/mol. The van der Waals surface area contributed by atoms with Crippen LogP contribution in [-0.2, 0) is 10.0 Å². The average Bonchev–Trinajstić information content (AvgIpc) is 3.04. The van der Waals surface area contributed by atoms with Crippen molar-refractivity contribution >= 4 is 15.9 Å². The van der Waals surface area contributed by atoms with Gasteiger partial charge >= 0.3 is 6.36 Å². The van der Waals surface area contributed by atoms with Crippen LogP contribution in [0.3, 0.4) is 0 Å². The number of nitrogens with one attached hydrogen (secondary N) is 1. The third-order valence-electron chi connectivity index (χ3n) is 5.28. The molecular weight excluding hydrogens is 427 g/mol. The van der Waals surface area contributed by atoms with Crippen LogP contribution in [0, 0.1) is 0 Å². The van der Waals surface area contributed by atoms with Gasteiger partial charge in [0, 0.05) is 25.2 Å². The Labute approximate surface area is 169 Å². The van der Waals surface area contributed by atoms with E-state index in [1.54, 1.807) is 4.90 Å². The number of aromatic nitrogens is 3. The summed E-state index contributed by atoms with van der Waals surface area (Å²) in [7, 11) is -4.29. The number of fused-ring (bicyclic) bond motifs is 4. The van der Waals surface area contributed by atoms with Crippen LogP contribution in [0.5, 0.6) is 5.75 Å². The number of rotatable bonds is 4. The smallest absolute Gasteiger partial charge is 0.404 e. The number of amides is 1. The summed E-state index contributed by atoms with van der Waals surface area (Å²) in [6.07, 6.45) is -1.98. The van der Waals surface area contributed by atoms with E-state index in [0.29, 0.717) is 19.3 Å². The molecule has 30 heavy (non-hydrogen) atoms. The topological polar surface area (TPSA) is 108 Å². The molecule has 2 aromatic rings. The fourth-order valence-electron chi connectivity index (χ4n) is 3.99. The number of hydrogen-bond donors (Lipinski definition) is 1. The van der Waals surface area contributed by atoms with Crippen LogP contribution in [0.25, 0.3) is 0 Å². The number of sulfonamides is 1. The Balaban J connectivity index is 1.64. The molecule has 4 heterocycles. The van der Waals surface area contributed by atoms with Crippen molar-refractivity contribution in [2.24, 2.45) is 0 Å². The Morgan fingerprint density at radius 3 is 2.60 bits per heavy atom. The van der Waals surface area contributed by atoms with Gasteiger partial charge in [0.25, 0.3) is 5.91 Å². The summed E-state index contributed by atoms with van der Waals surface area (Å²) in [4.78, 5) is 13.7. The van der Waals surface area contributed by atoms with Crippen LogP contribution in [-0.4, -0.2) is 70.5 Å². The van der Waals surface area contributed by atoms with Crippen LogP contribution < -0.4 is 4.74 Å². The first-order chi connectivity index (χ1) is 14.2. The zero-order valence-corrected chi connectivity index (χ0v) is 16.4. The van der Waals surface area contributed by atoms with Crippen molar-refractivity contribution in [1.82, 2.24) is 24.6 Å². The Kier molecular flexibility index (Phi) is 5.18. The number of para-hydroxylation sites is 1. The van der Waals surface area contributed by atoms with Crippen LogP contribution in [0.2, 0.25) is 0 Å². The highest BCUT2D eigenvalue weighted by molar-refractivity contribution is 7.89. The standard InChI is InChI=1S/C17H18F3N5O4S/c18-17(19,20)29-14-6-1-2-7-15(14)30(27,28)25-10-11-4-3-5-12(25)9-24(11)16(26)13-8-21-23-22-13/h1-2,6-8,11-12H,3-5,9-10H2,(H,21,22,23). The molecule has 3 aliphatic heterocycles. The summed E-state index contributed by atoms with van der Waals surface area (Å²) in [5.41, 5.74) is 0.126. The maximum Gasteiger partial charge on any atom is 0.573 e. The minimum atomic E-state index is -5.02. The molecule has 3 fully saturated rings. The van der Waals surface area contributed by atoms with E-state index < -0.39 is 39.1 Å². The number of nitrogens with zero attached hydrogens (tertiary/aromatic N) is 4. The second-order valence-corrected chi connectivity index (χ2v) is 8.98. The van der Waals surface area contributed by atoms with Crippen LogP contribution in [0.4, 0.5) is 13.2 Å². The van der Waals surface area contributed by atoms with Gasteiger partial charge in [-0.15, -0.1) is 13.2 Å². The quantitative estimate of drug-likeness (QED) is 0.769. The second-order valence-electron chi connectivity index (χ2n) is 7.12. The predicted octanol–water partition coefficient (Wildman–Crippen LogP) is 1.77. The van der Waals surface area contributed by atoms with Gasteiger partial charge in [-0.05, 0) is 31.4 Å². The molecule has 1 aromatic heterocycles. The number of aromatic amines is 1. The van der Waals surface area contributed by atoms with Crippen molar-refractivity contribution in [2.45, 2.75) is 42.6 Å². The van der Waals surface area contributed by atoms with Crippen LogP contribution >= 0.6 is 0 Å². The van der Waals surface area contributed by atoms with E-state index in [1.807, 2.05) is 0 Å². The lowest BCUT2D eigenvalue weighted by Gasteiger charge is -2.42. The third-order valence-corrected chi connectivity index (χ3v) is 7.24. The van der Waals surface area contributed by atoms with E-state index in [-0.39, 0.29) is 24.7 Å². The SMILES string of the molecule is O=C(c1cn[nH]n1)N1CC2CCCC1CN2S(=O)(=O)c1ccccc1OC(F)(F)F. The number of hydrogen-bond acceptors (Lipinski definition) is 6. The number of alkyl halides is 3. The summed E-state index contributed by atoms with van der Waals surface area (Å²) < 4.78 is 70.0. The van der Waals surface area contributed by atoms with Crippen molar-refractivity contribution in [3.63, 3.8) is 0 Å². The van der Waals surface area contributed by atoms with Crippen molar-refractivity contribution in [1.29, 1.82) is 0 Å². The largest absolute Gasteiger partial charge is 0.573 e. The lowest BCUT2D eigenvalue weighted by molar-refractivity contribution is -0.275. The summed E-state index contributed by atoms with van der Waals surface area (Å²) in [5.74, 6) is -1.14. The van der Waals surface area contributed by atoms with Gasteiger partial charge < -0.3 is 9.64 Å². The number of piperazine rings is 1. The molecule has 1 N–H and O–H groups in total.